The summed E-state index contributed by atoms with van der Waals surface area (Å²) in [6, 6.07) is 10.5. The van der Waals surface area contributed by atoms with E-state index in [9.17, 15) is 4.79 Å². The first-order chi connectivity index (χ1) is 15.2. The third kappa shape index (κ3) is 4.07. The van der Waals surface area contributed by atoms with Crippen LogP contribution in [-0.4, -0.2) is 20.4 Å². The summed E-state index contributed by atoms with van der Waals surface area (Å²) in [5.41, 5.74) is 4.82. The van der Waals surface area contributed by atoms with Gasteiger partial charge in [-0.25, -0.2) is 4.98 Å². The van der Waals surface area contributed by atoms with E-state index in [0.29, 0.717) is 12.6 Å². The van der Waals surface area contributed by atoms with Gasteiger partial charge in [-0.15, -0.1) is 22.7 Å². The summed E-state index contributed by atoms with van der Waals surface area (Å²) in [4.78, 5) is 23.2. The normalized spacial score (nSPS) is 14.2. The van der Waals surface area contributed by atoms with Crippen molar-refractivity contribution < 1.29 is 4.79 Å². The minimum atomic E-state index is -0.0199. The minimum Gasteiger partial charge on any atom is -0.347 e. The maximum absolute atomic E-state index is 13.1. The first-order valence-corrected chi connectivity index (χ1v) is 12.4. The summed E-state index contributed by atoms with van der Waals surface area (Å²) in [5, 5.41) is 8.19. The lowest BCUT2D eigenvalue weighted by molar-refractivity contribution is 0.0950. The number of carbonyl (C=O) groups excluding carboxylic acids is 1. The molecule has 4 aromatic rings. The Hall–Kier alpha value is -2.77. The van der Waals surface area contributed by atoms with Crippen molar-refractivity contribution in [1.82, 2.24) is 19.9 Å². The fourth-order valence-corrected chi connectivity index (χ4v) is 5.84. The third-order valence-corrected chi connectivity index (χ3v) is 7.69. The number of thiazole rings is 1. The van der Waals surface area contributed by atoms with Gasteiger partial charge in [0.2, 0.25) is 0 Å². The zero-order valence-corrected chi connectivity index (χ0v) is 19.0. The van der Waals surface area contributed by atoms with Gasteiger partial charge in [-0.2, -0.15) is 0 Å². The summed E-state index contributed by atoms with van der Waals surface area (Å²) in [5.74, 6) is -0.0199. The van der Waals surface area contributed by atoms with E-state index in [-0.39, 0.29) is 5.91 Å². The Kier molecular flexibility index (Phi) is 5.70. The molecule has 0 bridgehead atoms. The number of rotatable bonds is 6. The number of carbonyl (C=O) groups is 1. The van der Waals surface area contributed by atoms with E-state index >= 15 is 0 Å². The van der Waals surface area contributed by atoms with Crippen molar-refractivity contribution in [2.45, 2.75) is 45.2 Å². The highest BCUT2D eigenvalue weighted by atomic mass is 32.1. The molecule has 1 aliphatic rings. The fraction of sp³-hybridized carbons (Fsp3) is 0.292. The molecule has 1 saturated carbocycles. The van der Waals surface area contributed by atoms with Gasteiger partial charge in [0.1, 0.15) is 5.01 Å². The molecule has 0 unspecified atom stereocenters. The molecule has 0 spiro atoms. The third-order valence-electron chi connectivity index (χ3n) is 5.92. The van der Waals surface area contributed by atoms with Gasteiger partial charge >= 0.3 is 0 Å². The topological polar surface area (TPSA) is 59.8 Å². The zero-order chi connectivity index (χ0) is 21.2. The van der Waals surface area contributed by atoms with Gasteiger partial charge < -0.3 is 9.88 Å². The molecule has 0 aromatic carbocycles. The number of hydrogen-bond acceptors (Lipinski definition) is 5. The molecule has 5 rings (SSSR count). The Morgan fingerprint density at radius 2 is 2.00 bits per heavy atom. The van der Waals surface area contributed by atoms with Gasteiger partial charge in [-0.3, -0.25) is 9.78 Å². The van der Waals surface area contributed by atoms with Crippen LogP contribution in [0.2, 0.25) is 0 Å². The Morgan fingerprint density at radius 1 is 1.19 bits per heavy atom. The van der Waals surface area contributed by atoms with Gasteiger partial charge in [0.25, 0.3) is 5.91 Å². The highest BCUT2D eigenvalue weighted by Crippen LogP contribution is 2.38. The van der Waals surface area contributed by atoms with Crippen LogP contribution in [0.1, 0.15) is 52.7 Å². The van der Waals surface area contributed by atoms with Gasteiger partial charge in [0.05, 0.1) is 23.5 Å². The van der Waals surface area contributed by atoms with E-state index in [4.69, 9.17) is 4.98 Å². The molecule has 0 atom stereocenters. The lowest BCUT2D eigenvalue weighted by Gasteiger charge is -2.18. The van der Waals surface area contributed by atoms with Crippen molar-refractivity contribution in [2.24, 2.45) is 0 Å². The van der Waals surface area contributed by atoms with Crippen LogP contribution in [0, 0.1) is 6.92 Å². The Morgan fingerprint density at radius 3 is 2.74 bits per heavy atom. The SMILES string of the molecule is Cc1c(C(=O)NCc2cccs2)cc(-c2csc(-c3ccncc3)n2)n1C1CCCC1. The highest BCUT2D eigenvalue weighted by Gasteiger charge is 2.26. The second-order valence-corrected chi connectivity index (χ2v) is 9.76. The van der Waals surface area contributed by atoms with Crippen LogP contribution < -0.4 is 5.32 Å². The van der Waals surface area contributed by atoms with Gasteiger partial charge in [0, 0.05) is 40.0 Å². The number of nitrogens with one attached hydrogen (secondary N) is 1. The minimum absolute atomic E-state index is 0.0199. The second kappa shape index (κ2) is 8.77. The summed E-state index contributed by atoms with van der Waals surface area (Å²) >= 11 is 3.29. The van der Waals surface area contributed by atoms with E-state index < -0.39 is 0 Å². The van der Waals surface area contributed by atoms with Crippen molar-refractivity contribution in [2.75, 3.05) is 0 Å². The number of pyridine rings is 1. The average Bonchev–Trinajstić information content (AvgIpc) is 3.59. The Balaban J connectivity index is 1.49. The van der Waals surface area contributed by atoms with Crippen LogP contribution in [-0.2, 0) is 6.54 Å². The van der Waals surface area contributed by atoms with Crippen molar-refractivity contribution in [1.29, 1.82) is 0 Å². The molecule has 1 aliphatic carbocycles. The first kappa shape index (κ1) is 20.2. The molecule has 4 aromatic heterocycles. The predicted molar refractivity (Wildman–Crippen MR) is 127 cm³/mol. The van der Waals surface area contributed by atoms with Crippen molar-refractivity contribution in [3.05, 3.63) is 69.6 Å². The van der Waals surface area contributed by atoms with E-state index in [2.05, 4.69) is 27.2 Å². The van der Waals surface area contributed by atoms with Crippen molar-refractivity contribution in [3.63, 3.8) is 0 Å². The quantitative estimate of drug-likeness (QED) is 0.388. The van der Waals surface area contributed by atoms with Crippen molar-refractivity contribution in [3.8, 4) is 22.0 Å². The number of amides is 1. The molecule has 1 N–H and O–H groups in total. The molecule has 0 radical (unpaired) electrons. The molecule has 1 fully saturated rings. The number of nitrogens with zero attached hydrogens (tertiary/aromatic N) is 3. The zero-order valence-electron chi connectivity index (χ0n) is 17.4. The predicted octanol–water partition coefficient (Wildman–Crippen LogP) is 6.09. The van der Waals surface area contributed by atoms with Gasteiger partial charge in [-0.1, -0.05) is 18.9 Å². The maximum Gasteiger partial charge on any atom is 0.253 e. The Labute approximate surface area is 189 Å². The summed E-state index contributed by atoms with van der Waals surface area (Å²) < 4.78 is 2.36. The molecule has 31 heavy (non-hydrogen) atoms. The molecule has 4 heterocycles. The monoisotopic (exact) mass is 448 g/mol. The molecule has 0 aliphatic heterocycles. The lowest BCUT2D eigenvalue weighted by Crippen LogP contribution is -2.23. The molecular formula is C24H24N4OS2. The number of aromatic nitrogens is 3. The lowest BCUT2D eigenvalue weighted by atomic mass is 10.2. The van der Waals surface area contributed by atoms with Crippen LogP contribution >= 0.6 is 22.7 Å². The average molecular weight is 449 g/mol. The highest BCUT2D eigenvalue weighted by molar-refractivity contribution is 7.13. The molecule has 7 heteroatoms. The number of hydrogen-bond donors (Lipinski definition) is 1. The van der Waals surface area contributed by atoms with E-state index in [1.54, 1.807) is 35.1 Å². The Bertz CT molecular complexity index is 1170. The fourth-order valence-electron chi connectivity index (χ4n) is 4.38. The molecule has 5 nitrogen and oxygen atoms in total. The van der Waals surface area contributed by atoms with Gasteiger partial charge in [0.15, 0.2) is 0 Å². The largest absolute Gasteiger partial charge is 0.347 e. The molecule has 158 valence electrons. The van der Waals surface area contributed by atoms with Crippen LogP contribution in [0.15, 0.2) is 53.5 Å². The van der Waals surface area contributed by atoms with Gasteiger partial charge in [-0.05, 0) is 49.4 Å². The van der Waals surface area contributed by atoms with E-state index in [1.165, 1.54) is 12.8 Å². The van der Waals surface area contributed by atoms with E-state index in [0.717, 1.165) is 50.9 Å². The second-order valence-electron chi connectivity index (χ2n) is 7.87. The van der Waals surface area contributed by atoms with Crippen LogP contribution in [0.4, 0.5) is 0 Å². The summed E-state index contributed by atoms with van der Waals surface area (Å²) in [7, 11) is 0. The van der Waals surface area contributed by atoms with Crippen LogP contribution in [0.5, 0.6) is 0 Å². The first-order valence-electron chi connectivity index (χ1n) is 10.6. The van der Waals surface area contributed by atoms with E-state index in [1.807, 2.05) is 35.7 Å². The smallest absolute Gasteiger partial charge is 0.253 e. The van der Waals surface area contributed by atoms with Crippen LogP contribution in [0.25, 0.3) is 22.0 Å². The van der Waals surface area contributed by atoms with Crippen LogP contribution in [0.3, 0.4) is 0 Å². The summed E-state index contributed by atoms with van der Waals surface area (Å²) in [6.45, 7) is 2.63. The summed E-state index contributed by atoms with van der Waals surface area (Å²) in [6.07, 6.45) is 8.36. The molecule has 1 amide bonds. The maximum atomic E-state index is 13.1. The number of thiophene rings is 1. The van der Waals surface area contributed by atoms with Crippen molar-refractivity contribution >= 4 is 28.6 Å². The molecular weight excluding hydrogens is 424 g/mol. The molecule has 0 saturated heterocycles. The standard InChI is InChI=1S/C24H24N4OS2/c1-16-20(23(29)26-14-19-7-4-12-30-19)13-22(28(16)18-5-2-3-6-18)21-15-31-24(27-21)17-8-10-25-11-9-17/h4,7-13,15,18H,2-3,5-6,14H2,1H3,(H,26,29).